The molecule has 2 aromatic carbocycles. The Morgan fingerprint density at radius 1 is 1.19 bits per heavy atom. The predicted molar refractivity (Wildman–Crippen MR) is 116 cm³/mol. The van der Waals surface area contributed by atoms with Crippen LogP contribution in [0.15, 0.2) is 36.5 Å². The number of carbonyl (C=O) groups is 2. The molecular formula is C24H22ClFN2O3. The van der Waals surface area contributed by atoms with Crippen molar-refractivity contribution in [3.63, 3.8) is 0 Å². The number of carbonyl (C=O) groups excluding carboxylic acids is 2. The molecule has 2 aliphatic heterocycles. The fourth-order valence-electron chi connectivity index (χ4n) is 4.74. The molecule has 0 bridgehead atoms. The second kappa shape index (κ2) is 7.68. The molecule has 1 saturated heterocycles. The SMILES string of the molecule is Cn1cc(C2CCN(C(=O)c3cc4c(cc3F)OCC(=O)C4)CC2)c2cc(Cl)ccc21. The molecule has 1 amide bonds. The van der Waals surface area contributed by atoms with Gasteiger partial charge < -0.3 is 14.2 Å². The van der Waals surface area contributed by atoms with E-state index in [2.05, 4.69) is 10.8 Å². The van der Waals surface area contributed by atoms with E-state index in [1.54, 1.807) is 4.90 Å². The van der Waals surface area contributed by atoms with Crippen LogP contribution in [0.5, 0.6) is 5.75 Å². The fraction of sp³-hybridized carbons (Fsp3) is 0.333. The Morgan fingerprint density at radius 3 is 2.74 bits per heavy atom. The first-order valence-corrected chi connectivity index (χ1v) is 10.8. The first-order chi connectivity index (χ1) is 14.9. The van der Waals surface area contributed by atoms with Gasteiger partial charge in [0.2, 0.25) is 0 Å². The first-order valence-electron chi connectivity index (χ1n) is 10.4. The van der Waals surface area contributed by atoms with Crippen molar-refractivity contribution in [2.75, 3.05) is 19.7 Å². The summed E-state index contributed by atoms with van der Waals surface area (Å²) in [6, 6.07) is 8.61. The number of piperidine rings is 1. The lowest BCUT2D eigenvalue weighted by Crippen LogP contribution is -2.38. The number of fused-ring (bicyclic) bond motifs is 2. The third-order valence-electron chi connectivity index (χ3n) is 6.36. The molecule has 31 heavy (non-hydrogen) atoms. The van der Waals surface area contributed by atoms with Crippen molar-refractivity contribution in [1.82, 2.24) is 9.47 Å². The quantitative estimate of drug-likeness (QED) is 0.589. The number of Topliss-reactive ketones (excluding diaryl/α,β-unsaturated/α-hetero) is 1. The summed E-state index contributed by atoms with van der Waals surface area (Å²) in [5.74, 6) is -0.359. The fourth-order valence-corrected chi connectivity index (χ4v) is 4.91. The van der Waals surface area contributed by atoms with Crippen LogP contribution in [0.4, 0.5) is 4.39 Å². The number of likely N-dealkylation sites (tertiary alicyclic amines) is 1. The van der Waals surface area contributed by atoms with Crippen LogP contribution in [0.25, 0.3) is 10.9 Å². The van der Waals surface area contributed by atoms with Crippen LogP contribution >= 0.6 is 11.6 Å². The average molecular weight is 441 g/mol. The summed E-state index contributed by atoms with van der Waals surface area (Å²) in [7, 11) is 2.02. The highest BCUT2D eigenvalue weighted by Crippen LogP contribution is 2.36. The van der Waals surface area contributed by atoms with Gasteiger partial charge in [0.25, 0.3) is 5.91 Å². The lowest BCUT2D eigenvalue weighted by atomic mass is 9.89. The van der Waals surface area contributed by atoms with Gasteiger partial charge in [-0.3, -0.25) is 9.59 Å². The van der Waals surface area contributed by atoms with Crippen molar-refractivity contribution in [3.8, 4) is 5.75 Å². The average Bonchev–Trinajstić information content (AvgIpc) is 3.09. The second-order valence-electron chi connectivity index (χ2n) is 8.37. The smallest absolute Gasteiger partial charge is 0.256 e. The number of ketones is 1. The van der Waals surface area contributed by atoms with Crippen LogP contribution in [0.2, 0.25) is 5.02 Å². The van der Waals surface area contributed by atoms with E-state index < -0.39 is 5.82 Å². The van der Waals surface area contributed by atoms with Crippen molar-refractivity contribution < 1.29 is 18.7 Å². The van der Waals surface area contributed by atoms with E-state index in [9.17, 15) is 14.0 Å². The number of benzene rings is 2. The van der Waals surface area contributed by atoms with Gasteiger partial charge in [-0.15, -0.1) is 0 Å². The number of rotatable bonds is 2. The monoisotopic (exact) mass is 440 g/mol. The van der Waals surface area contributed by atoms with E-state index >= 15 is 0 Å². The summed E-state index contributed by atoms with van der Waals surface area (Å²) in [6.45, 7) is 1.05. The van der Waals surface area contributed by atoms with Gasteiger partial charge in [0.1, 0.15) is 18.2 Å². The molecular weight excluding hydrogens is 419 g/mol. The van der Waals surface area contributed by atoms with Crippen LogP contribution < -0.4 is 4.74 Å². The molecule has 0 aliphatic carbocycles. The third kappa shape index (κ3) is 3.59. The number of nitrogens with zero attached hydrogens (tertiary/aromatic N) is 2. The van der Waals surface area contributed by atoms with Gasteiger partial charge in [-0.2, -0.15) is 0 Å². The number of amides is 1. The number of ether oxygens (including phenoxy) is 1. The zero-order chi connectivity index (χ0) is 21.7. The van der Waals surface area contributed by atoms with E-state index in [0.29, 0.717) is 35.3 Å². The van der Waals surface area contributed by atoms with Crippen molar-refractivity contribution in [2.45, 2.75) is 25.2 Å². The minimum Gasteiger partial charge on any atom is -0.485 e. The predicted octanol–water partition coefficient (Wildman–Crippen LogP) is 4.49. The molecule has 0 radical (unpaired) electrons. The maximum absolute atomic E-state index is 14.6. The van der Waals surface area contributed by atoms with Crippen molar-refractivity contribution in [1.29, 1.82) is 0 Å². The highest BCUT2D eigenvalue weighted by atomic mass is 35.5. The Kier molecular flexibility index (Phi) is 4.97. The van der Waals surface area contributed by atoms with Gasteiger partial charge in [0.05, 0.1) is 5.56 Å². The molecule has 160 valence electrons. The van der Waals surface area contributed by atoms with Gasteiger partial charge in [0.15, 0.2) is 5.78 Å². The van der Waals surface area contributed by atoms with Crippen molar-refractivity contribution in [3.05, 3.63) is 64.1 Å². The van der Waals surface area contributed by atoms with Gasteiger partial charge in [0, 0.05) is 60.3 Å². The minimum atomic E-state index is -0.607. The number of hydrogen-bond donors (Lipinski definition) is 0. The van der Waals surface area contributed by atoms with Crippen LogP contribution in [-0.2, 0) is 18.3 Å². The lowest BCUT2D eigenvalue weighted by Gasteiger charge is -2.32. The summed E-state index contributed by atoms with van der Waals surface area (Å²) in [4.78, 5) is 26.4. The summed E-state index contributed by atoms with van der Waals surface area (Å²) in [6.07, 6.45) is 3.90. The molecule has 1 fully saturated rings. The maximum Gasteiger partial charge on any atom is 0.256 e. The molecule has 2 aliphatic rings. The molecule has 0 N–H and O–H groups in total. The lowest BCUT2D eigenvalue weighted by molar-refractivity contribution is -0.121. The zero-order valence-corrected chi connectivity index (χ0v) is 17.9. The number of aryl methyl sites for hydroxylation is 1. The third-order valence-corrected chi connectivity index (χ3v) is 6.60. The molecule has 0 atom stereocenters. The zero-order valence-electron chi connectivity index (χ0n) is 17.2. The Balaban J connectivity index is 1.34. The molecule has 1 aromatic heterocycles. The summed E-state index contributed by atoms with van der Waals surface area (Å²) < 4.78 is 22.0. The number of aromatic nitrogens is 1. The van der Waals surface area contributed by atoms with Gasteiger partial charge in [-0.25, -0.2) is 4.39 Å². The van der Waals surface area contributed by atoms with E-state index in [1.807, 2.05) is 25.2 Å². The molecule has 0 saturated carbocycles. The summed E-state index contributed by atoms with van der Waals surface area (Å²) >= 11 is 6.22. The number of hydrogen-bond acceptors (Lipinski definition) is 3. The largest absolute Gasteiger partial charge is 0.485 e. The standard InChI is InChI=1S/C24H22ClFN2O3/c1-27-12-20(18-10-16(25)2-3-22(18)27)14-4-6-28(7-5-14)24(30)19-9-15-8-17(29)13-31-23(15)11-21(19)26/h2-3,9-12,14H,4-8,13H2,1H3. The van der Waals surface area contributed by atoms with Crippen LogP contribution in [0.3, 0.4) is 0 Å². The highest BCUT2D eigenvalue weighted by molar-refractivity contribution is 6.31. The summed E-state index contributed by atoms with van der Waals surface area (Å²) in [5, 5.41) is 1.85. The Labute approximate surface area is 184 Å². The maximum atomic E-state index is 14.6. The van der Waals surface area contributed by atoms with Crippen molar-refractivity contribution in [2.24, 2.45) is 7.05 Å². The molecule has 5 rings (SSSR count). The van der Waals surface area contributed by atoms with Crippen molar-refractivity contribution >= 4 is 34.2 Å². The van der Waals surface area contributed by atoms with Gasteiger partial charge in [-0.05, 0) is 48.6 Å². The molecule has 0 unspecified atom stereocenters. The number of halogens is 2. The van der Waals surface area contributed by atoms with E-state index in [0.717, 1.165) is 23.7 Å². The van der Waals surface area contributed by atoms with Gasteiger partial charge >= 0.3 is 0 Å². The van der Waals surface area contributed by atoms with E-state index in [4.69, 9.17) is 16.3 Å². The molecule has 3 heterocycles. The Bertz CT molecular complexity index is 1210. The second-order valence-corrected chi connectivity index (χ2v) is 8.80. The van der Waals surface area contributed by atoms with Gasteiger partial charge in [-0.1, -0.05) is 11.6 Å². The molecule has 0 spiro atoms. The van der Waals surface area contributed by atoms with Crippen LogP contribution in [0.1, 0.15) is 40.2 Å². The van der Waals surface area contributed by atoms with E-state index in [1.165, 1.54) is 17.7 Å². The summed E-state index contributed by atoms with van der Waals surface area (Å²) in [5.41, 5.74) is 2.95. The Morgan fingerprint density at radius 2 is 1.97 bits per heavy atom. The topological polar surface area (TPSA) is 51.5 Å². The molecule has 5 nitrogen and oxygen atoms in total. The Hall–Kier alpha value is -2.86. The highest BCUT2D eigenvalue weighted by Gasteiger charge is 2.29. The van der Waals surface area contributed by atoms with E-state index in [-0.39, 0.29) is 30.3 Å². The first kappa shape index (κ1) is 20.1. The van der Waals surface area contributed by atoms with Crippen LogP contribution in [-0.4, -0.2) is 40.9 Å². The normalized spacial score (nSPS) is 17.0. The molecule has 3 aromatic rings. The molecule has 7 heteroatoms. The minimum absolute atomic E-state index is 0.00689. The van der Waals surface area contributed by atoms with Crippen LogP contribution in [0, 0.1) is 5.82 Å².